The molecule has 0 fully saturated rings. The summed E-state index contributed by atoms with van der Waals surface area (Å²) in [5, 5.41) is 4.19. The Balaban J connectivity index is 3.12. The Kier molecular flexibility index (Phi) is 7.21. The van der Waals surface area contributed by atoms with Crippen LogP contribution >= 0.6 is 11.6 Å². The maximum absolute atomic E-state index is 6.12. The number of nitrogens with one attached hydrogen (secondary N) is 1. The van der Waals surface area contributed by atoms with Crippen LogP contribution in [0.25, 0.3) is 0 Å². The molecule has 0 bridgehead atoms. The summed E-state index contributed by atoms with van der Waals surface area (Å²) in [7, 11) is 1.68. The standard InChI is InChI=1S/C15H24ClNO2/c1-5-13(19-7-3)15(17-6-2)12-10-11(16)8-9-14(12)18-4/h8-10,13,15,17H,5-7H2,1-4H3. The largest absolute Gasteiger partial charge is 0.496 e. The maximum atomic E-state index is 6.12. The zero-order valence-corrected chi connectivity index (χ0v) is 13.0. The van der Waals surface area contributed by atoms with Crippen LogP contribution in [0.2, 0.25) is 5.02 Å². The molecule has 0 spiro atoms. The van der Waals surface area contributed by atoms with E-state index in [-0.39, 0.29) is 12.1 Å². The fourth-order valence-corrected chi connectivity index (χ4v) is 2.45. The van der Waals surface area contributed by atoms with Crippen molar-refractivity contribution in [3.63, 3.8) is 0 Å². The minimum Gasteiger partial charge on any atom is -0.496 e. The van der Waals surface area contributed by atoms with E-state index in [1.54, 1.807) is 7.11 Å². The van der Waals surface area contributed by atoms with Crippen molar-refractivity contribution in [3.05, 3.63) is 28.8 Å². The molecule has 0 aliphatic carbocycles. The molecule has 0 saturated carbocycles. The van der Waals surface area contributed by atoms with Gasteiger partial charge in [-0.1, -0.05) is 25.4 Å². The van der Waals surface area contributed by atoms with E-state index in [4.69, 9.17) is 21.1 Å². The summed E-state index contributed by atoms with van der Waals surface area (Å²) in [6.07, 6.45) is 1.04. The topological polar surface area (TPSA) is 30.5 Å². The minimum absolute atomic E-state index is 0.0867. The van der Waals surface area contributed by atoms with Crippen LogP contribution in [0.1, 0.15) is 38.8 Å². The van der Waals surface area contributed by atoms with Crippen LogP contribution in [0.15, 0.2) is 18.2 Å². The fraction of sp³-hybridized carbons (Fsp3) is 0.600. The first-order valence-electron chi connectivity index (χ1n) is 6.86. The van der Waals surface area contributed by atoms with Gasteiger partial charge < -0.3 is 14.8 Å². The summed E-state index contributed by atoms with van der Waals surface area (Å²) in [5.41, 5.74) is 1.05. The molecule has 108 valence electrons. The summed E-state index contributed by atoms with van der Waals surface area (Å²) < 4.78 is 11.3. The van der Waals surface area contributed by atoms with Gasteiger partial charge >= 0.3 is 0 Å². The molecule has 2 atom stereocenters. The SMILES string of the molecule is CCNC(c1cc(Cl)ccc1OC)C(CC)OCC. The van der Waals surface area contributed by atoms with Gasteiger partial charge in [0.1, 0.15) is 5.75 Å². The maximum Gasteiger partial charge on any atom is 0.123 e. The van der Waals surface area contributed by atoms with Gasteiger partial charge in [-0.25, -0.2) is 0 Å². The number of hydrogen-bond donors (Lipinski definition) is 1. The zero-order valence-electron chi connectivity index (χ0n) is 12.2. The van der Waals surface area contributed by atoms with Crippen molar-refractivity contribution in [2.75, 3.05) is 20.3 Å². The van der Waals surface area contributed by atoms with Gasteiger partial charge in [-0.2, -0.15) is 0 Å². The summed E-state index contributed by atoms with van der Waals surface area (Å²) >= 11 is 6.12. The molecule has 0 aromatic heterocycles. The van der Waals surface area contributed by atoms with E-state index < -0.39 is 0 Å². The van der Waals surface area contributed by atoms with E-state index >= 15 is 0 Å². The molecule has 0 saturated heterocycles. The lowest BCUT2D eigenvalue weighted by molar-refractivity contribution is 0.0312. The molecule has 1 N–H and O–H groups in total. The molecule has 1 rings (SSSR count). The number of ether oxygens (including phenoxy) is 2. The van der Waals surface area contributed by atoms with Gasteiger partial charge in [-0.05, 0) is 38.1 Å². The van der Waals surface area contributed by atoms with E-state index in [1.165, 1.54) is 0 Å². The molecule has 2 unspecified atom stereocenters. The number of likely N-dealkylation sites (N-methyl/N-ethyl adjacent to an activating group) is 1. The monoisotopic (exact) mass is 285 g/mol. The third-order valence-corrected chi connectivity index (χ3v) is 3.34. The summed E-state index contributed by atoms with van der Waals surface area (Å²) in [6, 6.07) is 5.79. The average molecular weight is 286 g/mol. The van der Waals surface area contributed by atoms with Crippen molar-refractivity contribution in [1.82, 2.24) is 5.32 Å². The number of benzene rings is 1. The fourth-order valence-electron chi connectivity index (χ4n) is 2.27. The lowest BCUT2D eigenvalue weighted by atomic mass is 9.98. The Labute approximate surface area is 121 Å². The lowest BCUT2D eigenvalue weighted by Gasteiger charge is -2.28. The highest BCUT2D eigenvalue weighted by molar-refractivity contribution is 6.30. The van der Waals surface area contributed by atoms with Crippen molar-refractivity contribution in [1.29, 1.82) is 0 Å². The molecule has 4 heteroatoms. The Bertz CT molecular complexity index is 384. The van der Waals surface area contributed by atoms with Gasteiger partial charge in [0.25, 0.3) is 0 Å². The Morgan fingerprint density at radius 3 is 2.53 bits per heavy atom. The second-order valence-electron chi connectivity index (χ2n) is 4.32. The molecule has 0 aliphatic heterocycles. The van der Waals surface area contributed by atoms with Crippen LogP contribution in [0.5, 0.6) is 5.75 Å². The number of methoxy groups -OCH3 is 1. The van der Waals surface area contributed by atoms with Crippen molar-refractivity contribution in [2.45, 2.75) is 39.3 Å². The Hall–Kier alpha value is -0.770. The van der Waals surface area contributed by atoms with E-state index in [1.807, 2.05) is 25.1 Å². The van der Waals surface area contributed by atoms with Crippen molar-refractivity contribution in [3.8, 4) is 5.75 Å². The summed E-state index contributed by atoms with van der Waals surface area (Å²) in [6.45, 7) is 7.79. The van der Waals surface area contributed by atoms with Crippen LogP contribution in [0.3, 0.4) is 0 Å². The summed E-state index contributed by atoms with van der Waals surface area (Å²) in [5.74, 6) is 0.841. The Morgan fingerprint density at radius 1 is 1.26 bits per heavy atom. The zero-order chi connectivity index (χ0) is 14.3. The van der Waals surface area contributed by atoms with E-state index in [2.05, 4.69) is 19.2 Å². The first-order valence-corrected chi connectivity index (χ1v) is 7.24. The normalized spacial score (nSPS) is 14.2. The van der Waals surface area contributed by atoms with Crippen molar-refractivity contribution in [2.24, 2.45) is 0 Å². The van der Waals surface area contributed by atoms with Crippen LogP contribution in [0, 0.1) is 0 Å². The molecule has 1 aromatic carbocycles. The van der Waals surface area contributed by atoms with Gasteiger partial charge in [-0.15, -0.1) is 0 Å². The number of hydrogen-bond acceptors (Lipinski definition) is 3. The third kappa shape index (κ3) is 4.37. The number of rotatable bonds is 8. The second-order valence-corrected chi connectivity index (χ2v) is 4.76. The molecule has 1 aromatic rings. The quantitative estimate of drug-likeness (QED) is 0.788. The lowest BCUT2D eigenvalue weighted by Crippen LogP contribution is -2.34. The van der Waals surface area contributed by atoms with Crippen molar-refractivity contribution < 1.29 is 9.47 Å². The average Bonchev–Trinajstić information content (AvgIpc) is 2.42. The molecular formula is C15H24ClNO2. The van der Waals surface area contributed by atoms with Crippen molar-refractivity contribution >= 4 is 11.6 Å². The van der Waals surface area contributed by atoms with Gasteiger partial charge in [0.05, 0.1) is 19.3 Å². The second kappa shape index (κ2) is 8.41. The van der Waals surface area contributed by atoms with Gasteiger partial charge in [0.15, 0.2) is 0 Å². The smallest absolute Gasteiger partial charge is 0.123 e. The third-order valence-electron chi connectivity index (χ3n) is 3.11. The first-order chi connectivity index (χ1) is 9.17. The van der Waals surface area contributed by atoms with E-state index in [9.17, 15) is 0 Å². The van der Waals surface area contributed by atoms with E-state index in [0.29, 0.717) is 11.6 Å². The Morgan fingerprint density at radius 2 is 2.00 bits per heavy atom. The highest BCUT2D eigenvalue weighted by Crippen LogP contribution is 2.32. The molecule has 0 heterocycles. The molecule has 3 nitrogen and oxygen atoms in total. The van der Waals surface area contributed by atoms with E-state index in [0.717, 1.165) is 24.3 Å². The highest BCUT2D eigenvalue weighted by Gasteiger charge is 2.24. The van der Waals surface area contributed by atoms with Gasteiger partial charge in [-0.3, -0.25) is 0 Å². The predicted octanol–water partition coefficient (Wildman–Crippen LogP) is 3.81. The minimum atomic E-state index is 0.0867. The van der Waals surface area contributed by atoms with Crippen LogP contribution in [-0.2, 0) is 4.74 Å². The van der Waals surface area contributed by atoms with Crippen LogP contribution in [0.4, 0.5) is 0 Å². The van der Waals surface area contributed by atoms with Crippen LogP contribution in [-0.4, -0.2) is 26.4 Å². The highest BCUT2D eigenvalue weighted by atomic mass is 35.5. The predicted molar refractivity (Wildman–Crippen MR) is 80.1 cm³/mol. The molecule has 0 amide bonds. The first kappa shape index (κ1) is 16.3. The van der Waals surface area contributed by atoms with Gasteiger partial charge in [0.2, 0.25) is 0 Å². The van der Waals surface area contributed by atoms with Gasteiger partial charge in [0, 0.05) is 17.2 Å². The molecular weight excluding hydrogens is 262 g/mol. The molecule has 19 heavy (non-hydrogen) atoms. The molecule has 0 radical (unpaired) electrons. The van der Waals surface area contributed by atoms with Crippen LogP contribution < -0.4 is 10.1 Å². The molecule has 0 aliphatic rings. The summed E-state index contributed by atoms with van der Waals surface area (Å²) in [4.78, 5) is 0. The number of halogens is 1.